The Kier molecular flexibility index (Phi) is 3.55. The zero-order chi connectivity index (χ0) is 12.5. The Labute approximate surface area is 104 Å². The van der Waals surface area contributed by atoms with Gasteiger partial charge in [0.2, 0.25) is 0 Å². The normalized spacial score (nSPS) is 22.0. The molecule has 1 aliphatic carbocycles. The summed E-state index contributed by atoms with van der Waals surface area (Å²) < 4.78 is 0. The first-order chi connectivity index (χ1) is 7.98. The predicted octanol–water partition coefficient (Wildman–Crippen LogP) is 2.81. The Hall–Kier alpha value is -0.860. The highest BCUT2D eigenvalue weighted by Crippen LogP contribution is 2.30. The second-order valence-corrected chi connectivity index (χ2v) is 5.69. The van der Waals surface area contributed by atoms with E-state index in [9.17, 15) is 5.11 Å². The van der Waals surface area contributed by atoms with Crippen molar-refractivity contribution in [2.24, 2.45) is 0 Å². The van der Waals surface area contributed by atoms with E-state index >= 15 is 0 Å². The summed E-state index contributed by atoms with van der Waals surface area (Å²) in [4.78, 5) is 0. The number of rotatable bonds is 3. The minimum absolute atomic E-state index is 0.0960. The lowest BCUT2D eigenvalue weighted by Crippen LogP contribution is -2.46. The fourth-order valence-corrected chi connectivity index (χ4v) is 2.43. The summed E-state index contributed by atoms with van der Waals surface area (Å²) in [5.41, 5.74) is 2.20. The molecule has 0 saturated heterocycles. The van der Waals surface area contributed by atoms with Crippen LogP contribution in [0.15, 0.2) is 24.3 Å². The van der Waals surface area contributed by atoms with Gasteiger partial charge in [0.05, 0.1) is 5.60 Å². The van der Waals surface area contributed by atoms with Gasteiger partial charge in [-0.05, 0) is 51.2 Å². The molecule has 94 valence electrons. The lowest BCUT2D eigenvalue weighted by atomic mass is 9.86. The van der Waals surface area contributed by atoms with Gasteiger partial charge in [0.1, 0.15) is 0 Å². The summed E-state index contributed by atoms with van der Waals surface area (Å²) >= 11 is 0. The molecule has 0 amide bonds. The number of hydrogen-bond acceptors (Lipinski definition) is 2. The number of aliphatic hydroxyl groups is 1. The number of fused-ring (bicyclic) bond motifs is 1. The van der Waals surface area contributed by atoms with E-state index in [0.717, 1.165) is 6.42 Å². The molecule has 2 N–H and O–H groups in total. The van der Waals surface area contributed by atoms with Crippen molar-refractivity contribution in [2.75, 3.05) is 0 Å². The van der Waals surface area contributed by atoms with Crippen LogP contribution in [0.5, 0.6) is 0 Å². The highest BCUT2D eigenvalue weighted by molar-refractivity contribution is 5.32. The summed E-state index contributed by atoms with van der Waals surface area (Å²) in [7, 11) is 0. The second-order valence-electron chi connectivity index (χ2n) is 5.69. The lowest BCUT2D eigenvalue weighted by molar-refractivity contribution is 0.0388. The highest BCUT2D eigenvalue weighted by atomic mass is 16.3. The van der Waals surface area contributed by atoms with Crippen LogP contribution in [0.4, 0.5) is 0 Å². The maximum atomic E-state index is 10.0. The van der Waals surface area contributed by atoms with Crippen LogP contribution < -0.4 is 5.32 Å². The molecule has 2 nitrogen and oxygen atoms in total. The summed E-state index contributed by atoms with van der Waals surface area (Å²) in [5, 5.41) is 13.6. The Morgan fingerprint density at radius 1 is 1.35 bits per heavy atom. The van der Waals surface area contributed by atoms with Gasteiger partial charge in [-0.2, -0.15) is 0 Å². The summed E-state index contributed by atoms with van der Waals surface area (Å²) in [6.45, 7) is 5.77. The van der Waals surface area contributed by atoms with Crippen LogP contribution in [0.1, 0.15) is 50.8 Å². The molecule has 0 saturated carbocycles. The first kappa shape index (κ1) is 12.6. The Morgan fingerprint density at radius 3 is 2.76 bits per heavy atom. The van der Waals surface area contributed by atoms with Gasteiger partial charge < -0.3 is 10.4 Å². The third-order valence-corrected chi connectivity index (χ3v) is 3.88. The molecule has 2 atom stereocenters. The van der Waals surface area contributed by atoms with Gasteiger partial charge in [-0.15, -0.1) is 0 Å². The zero-order valence-corrected chi connectivity index (χ0v) is 11.0. The molecule has 1 aromatic rings. The minimum Gasteiger partial charge on any atom is -0.389 e. The zero-order valence-electron chi connectivity index (χ0n) is 11.0. The quantitative estimate of drug-likeness (QED) is 0.841. The Balaban J connectivity index is 2.14. The molecule has 0 radical (unpaired) electrons. The van der Waals surface area contributed by atoms with Crippen molar-refractivity contribution in [2.45, 2.75) is 57.7 Å². The van der Waals surface area contributed by atoms with Crippen molar-refractivity contribution in [3.63, 3.8) is 0 Å². The van der Waals surface area contributed by atoms with Gasteiger partial charge in [-0.25, -0.2) is 0 Å². The largest absolute Gasteiger partial charge is 0.389 e. The third-order valence-electron chi connectivity index (χ3n) is 3.88. The van der Waals surface area contributed by atoms with E-state index in [0.29, 0.717) is 6.04 Å². The standard InChI is InChI=1S/C15H23NO/c1-11(15(2,3)17)16-14-10-6-8-12-7-4-5-9-13(12)14/h4-5,7,9,11,14,16-17H,6,8,10H2,1-3H3. The van der Waals surface area contributed by atoms with Crippen LogP contribution in [0.25, 0.3) is 0 Å². The van der Waals surface area contributed by atoms with Crippen LogP contribution in [-0.2, 0) is 6.42 Å². The smallest absolute Gasteiger partial charge is 0.0741 e. The van der Waals surface area contributed by atoms with E-state index < -0.39 is 5.60 Å². The van der Waals surface area contributed by atoms with Crippen molar-refractivity contribution < 1.29 is 5.11 Å². The summed E-state index contributed by atoms with van der Waals surface area (Å²) in [6.07, 6.45) is 3.58. The topological polar surface area (TPSA) is 32.3 Å². The lowest BCUT2D eigenvalue weighted by Gasteiger charge is -2.34. The number of benzene rings is 1. The predicted molar refractivity (Wildman–Crippen MR) is 71.0 cm³/mol. The molecule has 0 heterocycles. The first-order valence-corrected chi connectivity index (χ1v) is 6.54. The van der Waals surface area contributed by atoms with Crippen molar-refractivity contribution in [3.05, 3.63) is 35.4 Å². The monoisotopic (exact) mass is 233 g/mol. The SMILES string of the molecule is CC(NC1CCCc2ccccc21)C(C)(C)O. The minimum atomic E-state index is -0.674. The summed E-state index contributed by atoms with van der Waals surface area (Å²) in [5.74, 6) is 0. The summed E-state index contributed by atoms with van der Waals surface area (Å²) in [6, 6.07) is 9.13. The average Bonchev–Trinajstić information content (AvgIpc) is 2.28. The van der Waals surface area contributed by atoms with Gasteiger partial charge in [0.15, 0.2) is 0 Å². The molecular formula is C15H23NO. The van der Waals surface area contributed by atoms with Crippen LogP contribution >= 0.6 is 0 Å². The van der Waals surface area contributed by atoms with E-state index in [-0.39, 0.29) is 6.04 Å². The van der Waals surface area contributed by atoms with Crippen molar-refractivity contribution in [1.29, 1.82) is 0 Å². The fraction of sp³-hybridized carbons (Fsp3) is 0.600. The second kappa shape index (κ2) is 4.79. The van der Waals surface area contributed by atoms with Crippen LogP contribution in [0.3, 0.4) is 0 Å². The van der Waals surface area contributed by atoms with Crippen molar-refractivity contribution >= 4 is 0 Å². The number of nitrogens with one attached hydrogen (secondary N) is 1. The van der Waals surface area contributed by atoms with E-state index in [1.807, 2.05) is 13.8 Å². The van der Waals surface area contributed by atoms with Crippen LogP contribution in [-0.4, -0.2) is 16.7 Å². The van der Waals surface area contributed by atoms with Crippen LogP contribution in [0, 0.1) is 0 Å². The first-order valence-electron chi connectivity index (χ1n) is 6.54. The molecule has 0 bridgehead atoms. The molecule has 0 aliphatic heterocycles. The van der Waals surface area contributed by atoms with Gasteiger partial charge in [0.25, 0.3) is 0 Å². The number of aryl methyl sites for hydroxylation is 1. The average molecular weight is 233 g/mol. The maximum Gasteiger partial charge on any atom is 0.0741 e. The molecule has 1 aliphatic rings. The molecule has 0 aromatic heterocycles. The van der Waals surface area contributed by atoms with Crippen LogP contribution in [0.2, 0.25) is 0 Å². The van der Waals surface area contributed by atoms with Crippen molar-refractivity contribution in [1.82, 2.24) is 5.32 Å². The molecule has 2 heteroatoms. The molecular weight excluding hydrogens is 210 g/mol. The molecule has 1 aromatic carbocycles. The molecule has 2 unspecified atom stereocenters. The van der Waals surface area contributed by atoms with Gasteiger partial charge in [-0.1, -0.05) is 24.3 Å². The molecule has 17 heavy (non-hydrogen) atoms. The fourth-order valence-electron chi connectivity index (χ4n) is 2.43. The van der Waals surface area contributed by atoms with Crippen molar-refractivity contribution in [3.8, 4) is 0 Å². The molecule has 2 rings (SSSR count). The molecule has 0 fully saturated rings. The number of hydrogen-bond donors (Lipinski definition) is 2. The highest BCUT2D eigenvalue weighted by Gasteiger charge is 2.27. The maximum absolute atomic E-state index is 10.0. The third kappa shape index (κ3) is 2.88. The Bertz CT molecular complexity index is 381. The van der Waals surface area contributed by atoms with Gasteiger partial charge in [-0.3, -0.25) is 0 Å². The Morgan fingerprint density at radius 2 is 2.06 bits per heavy atom. The molecule has 0 spiro atoms. The van der Waals surface area contributed by atoms with Gasteiger partial charge in [0, 0.05) is 12.1 Å². The van der Waals surface area contributed by atoms with Gasteiger partial charge >= 0.3 is 0 Å². The van der Waals surface area contributed by atoms with E-state index in [1.165, 1.54) is 24.0 Å². The van der Waals surface area contributed by atoms with E-state index in [2.05, 4.69) is 36.5 Å². The van der Waals surface area contributed by atoms with E-state index in [4.69, 9.17) is 0 Å². The van der Waals surface area contributed by atoms with E-state index in [1.54, 1.807) is 0 Å².